The SMILES string of the molecule is COc1cccc(C(=O)N2CCN(C(=O)c3ccc(OC)c(OC)c3)C2C(=O)NC(CC(=O)O)c2cccc([N+](=O)[O-])c2)c1. The second-order valence-corrected chi connectivity index (χ2v) is 9.68. The van der Waals surface area contributed by atoms with Crippen LogP contribution in [-0.4, -0.2) is 84.1 Å². The van der Waals surface area contributed by atoms with Gasteiger partial charge in [-0.1, -0.05) is 18.2 Å². The number of carboxylic acids is 1. The largest absolute Gasteiger partial charge is 0.497 e. The fourth-order valence-corrected chi connectivity index (χ4v) is 4.92. The average Bonchev–Trinajstić information content (AvgIpc) is 3.48. The normalized spacial score (nSPS) is 14.8. The number of methoxy groups -OCH3 is 3. The first-order valence-electron chi connectivity index (χ1n) is 13.3. The van der Waals surface area contributed by atoms with Gasteiger partial charge < -0.3 is 34.4 Å². The highest BCUT2D eigenvalue weighted by Crippen LogP contribution is 2.30. The molecule has 1 saturated heterocycles. The van der Waals surface area contributed by atoms with E-state index in [1.807, 2.05) is 0 Å². The van der Waals surface area contributed by atoms with E-state index in [1.54, 1.807) is 12.1 Å². The predicted molar refractivity (Wildman–Crippen MR) is 155 cm³/mol. The van der Waals surface area contributed by atoms with Crippen molar-refractivity contribution in [2.45, 2.75) is 18.6 Å². The van der Waals surface area contributed by atoms with Gasteiger partial charge in [0.15, 0.2) is 17.7 Å². The zero-order valence-corrected chi connectivity index (χ0v) is 24.1. The topological polar surface area (TPSA) is 178 Å². The second kappa shape index (κ2) is 13.5. The number of nitrogens with one attached hydrogen (secondary N) is 1. The smallest absolute Gasteiger partial charge is 0.305 e. The summed E-state index contributed by atoms with van der Waals surface area (Å²) in [5.41, 5.74) is 0.213. The Hall–Kier alpha value is -5.66. The van der Waals surface area contributed by atoms with Gasteiger partial charge in [0, 0.05) is 36.3 Å². The highest BCUT2D eigenvalue weighted by molar-refractivity contribution is 6.02. The Morgan fingerprint density at radius 1 is 0.886 bits per heavy atom. The molecule has 2 unspecified atom stereocenters. The number of aliphatic carboxylic acids is 1. The lowest BCUT2D eigenvalue weighted by atomic mass is 10.0. The van der Waals surface area contributed by atoms with Crippen molar-refractivity contribution in [1.82, 2.24) is 15.1 Å². The van der Waals surface area contributed by atoms with Gasteiger partial charge in [-0.05, 0) is 42.0 Å². The molecule has 3 amide bonds. The molecule has 14 nitrogen and oxygen atoms in total. The molecule has 1 aliphatic heterocycles. The van der Waals surface area contributed by atoms with Gasteiger partial charge in [-0.25, -0.2) is 0 Å². The third-order valence-electron chi connectivity index (χ3n) is 7.05. The first kappa shape index (κ1) is 31.3. The quantitative estimate of drug-likeness (QED) is 0.244. The van der Waals surface area contributed by atoms with E-state index >= 15 is 0 Å². The minimum atomic E-state index is -1.50. The van der Waals surface area contributed by atoms with Crippen LogP contribution < -0.4 is 19.5 Å². The minimum Gasteiger partial charge on any atom is -0.497 e. The molecule has 2 atom stereocenters. The molecule has 3 aromatic carbocycles. The van der Waals surface area contributed by atoms with Gasteiger partial charge in [0.25, 0.3) is 23.4 Å². The van der Waals surface area contributed by atoms with Crippen molar-refractivity contribution in [3.05, 3.63) is 93.5 Å². The summed E-state index contributed by atoms with van der Waals surface area (Å²) in [7, 11) is 4.29. The molecule has 4 rings (SSSR count). The summed E-state index contributed by atoms with van der Waals surface area (Å²) in [5.74, 6) is -2.25. The molecule has 230 valence electrons. The van der Waals surface area contributed by atoms with E-state index in [4.69, 9.17) is 14.2 Å². The number of hydrogen-bond donors (Lipinski definition) is 2. The van der Waals surface area contributed by atoms with Crippen LogP contribution in [0.5, 0.6) is 17.2 Å². The predicted octanol–water partition coefficient (Wildman–Crippen LogP) is 2.88. The van der Waals surface area contributed by atoms with Gasteiger partial charge in [0.1, 0.15) is 5.75 Å². The van der Waals surface area contributed by atoms with Gasteiger partial charge in [0.05, 0.1) is 38.7 Å². The molecular formula is C30H30N4O10. The number of rotatable bonds is 11. The molecule has 1 fully saturated rings. The molecule has 0 aliphatic carbocycles. The molecule has 1 heterocycles. The number of nitro benzene ring substituents is 1. The maximum absolute atomic E-state index is 14.0. The van der Waals surface area contributed by atoms with E-state index in [0.717, 1.165) is 6.07 Å². The average molecular weight is 607 g/mol. The molecule has 14 heteroatoms. The molecule has 0 bridgehead atoms. The van der Waals surface area contributed by atoms with Crippen LogP contribution in [0.4, 0.5) is 5.69 Å². The molecule has 0 radical (unpaired) electrons. The van der Waals surface area contributed by atoms with Crippen LogP contribution in [0.1, 0.15) is 38.7 Å². The lowest BCUT2D eigenvalue weighted by molar-refractivity contribution is -0.384. The number of hydrogen-bond acceptors (Lipinski definition) is 9. The summed E-state index contributed by atoms with van der Waals surface area (Å²) in [4.78, 5) is 66.4. The van der Waals surface area contributed by atoms with Crippen molar-refractivity contribution < 1.29 is 43.4 Å². The van der Waals surface area contributed by atoms with Gasteiger partial charge >= 0.3 is 5.97 Å². The zero-order valence-electron chi connectivity index (χ0n) is 24.1. The summed E-state index contributed by atoms with van der Waals surface area (Å²) in [6.07, 6.45) is -2.11. The van der Waals surface area contributed by atoms with Crippen LogP contribution in [-0.2, 0) is 9.59 Å². The van der Waals surface area contributed by atoms with Crippen molar-refractivity contribution in [3.63, 3.8) is 0 Å². The van der Waals surface area contributed by atoms with Crippen LogP contribution in [0, 0.1) is 10.1 Å². The Balaban J connectivity index is 1.73. The molecule has 0 saturated carbocycles. The lowest BCUT2D eigenvalue weighted by Crippen LogP contribution is -2.54. The Morgan fingerprint density at radius 3 is 2.11 bits per heavy atom. The highest BCUT2D eigenvalue weighted by Gasteiger charge is 2.44. The standard InChI is InChI=1S/C30H30N4O10/c1-42-22-9-5-7-19(15-22)29(38)32-12-13-33(30(39)20-10-11-24(43-2)25(16-20)44-3)28(32)27(37)31-23(17-26(35)36)18-6-4-8-21(14-18)34(40)41/h4-11,14-16,23,28H,12-13,17H2,1-3H3,(H,31,37)(H,35,36). The molecule has 0 spiro atoms. The van der Waals surface area contributed by atoms with E-state index in [0.29, 0.717) is 11.5 Å². The van der Waals surface area contributed by atoms with Crippen molar-refractivity contribution in [2.24, 2.45) is 0 Å². The summed E-state index contributed by atoms with van der Waals surface area (Å²) in [6.45, 7) is -0.0467. The minimum absolute atomic E-state index is 0.0203. The Labute approximate surface area is 251 Å². The molecule has 0 aromatic heterocycles. The maximum Gasteiger partial charge on any atom is 0.305 e. The number of non-ortho nitro benzene ring substituents is 1. The monoisotopic (exact) mass is 606 g/mol. The Morgan fingerprint density at radius 2 is 1.52 bits per heavy atom. The highest BCUT2D eigenvalue weighted by atomic mass is 16.6. The number of carboxylic acid groups (broad SMARTS) is 1. The number of carbonyl (C=O) groups is 4. The van der Waals surface area contributed by atoms with Crippen LogP contribution in [0.3, 0.4) is 0 Å². The van der Waals surface area contributed by atoms with Crippen LogP contribution in [0.15, 0.2) is 66.7 Å². The number of carbonyl (C=O) groups excluding carboxylic acids is 3. The first-order valence-corrected chi connectivity index (χ1v) is 13.3. The van der Waals surface area contributed by atoms with Gasteiger partial charge in [0.2, 0.25) is 0 Å². The Kier molecular flexibility index (Phi) is 9.63. The number of ether oxygens (including phenoxy) is 3. The van der Waals surface area contributed by atoms with E-state index in [9.17, 15) is 34.4 Å². The molecule has 44 heavy (non-hydrogen) atoms. The van der Waals surface area contributed by atoms with Crippen LogP contribution in [0.2, 0.25) is 0 Å². The molecule has 2 N–H and O–H groups in total. The van der Waals surface area contributed by atoms with Gasteiger partial charge in [-0.2, -0.15) is 0 Å². The van der Waals surface area contributed by atoms with Crippen LogP contribution >= 0.6 is 0 Å². The number of nitro groups is 1. The molecule has 3 aromatic rings. The van der Waals surface area contributed by atoms with Crippen molar-refractivity contribution in [3.8, 4) is 17.2 Å². The fraction of sp³-hybridized carbons (Fsp3) is 0.267. The number of nitrogens with zero attached hydrogens (tertiary/aromatic N) is 3. The third-order valence-corrected chi connectivity index (χ3v) is 7.05. The number of amides is 3. The van der Waals surface area contributed by atoms with Crippen molar-refractivity contribution in [1.29, 1.82) is 0 Å². The van der Waals surface area contributed by atoms with Crippen LogP contribution in [0.25, 0.3) is 0 Å². The molecule has 1 aliphatic rings. The first-order chi connectivity index (χ1) is 21.1. The van der Waals surface area contributed by atoms with E-state index in [2.05, 4.69) is 5.32 Å². The van der Waals surface area contributed by atoms with E-state index in [-0.39, 0.29) is 41.2 Å². The summed E-state index contributed by atoms with van der Waals surface area (Å²) in [6, 6.07) is 14.7. The molecular weight excluding hydrogens is 576 g/mol. The van der Waals surface area contributed by atoms with Crippen molar-refractivity contribution >= 4 is 29.4 Å². The third kappa shape index (κ3) is 6.69. The zero-order chi connectivity index (χ0) is 32.0. The second-order valence-electron chi connectivity index (χ2n) is 9.68. The Bertz CT molecular complexity index is 1590. The van der Waals surface area contributed by atoms with E-state index < -0.39 is 47.2 Å². The maximum atomic E-state index is 14.0. The fourth-order valence-electron chi connectivity index (χ4n) is 4.92. The van der Waals surface area contributed by atoms with E-state index in [1.165, 1.54) is 79.7 Å². The summed E-state index contributed by atoms with van der Waals surface area (Å²) >= 11 is 0. The van der Waals surface area contributed by atoms with Gasteiger partial charge in [-0.15, -0.1) is 0 Å². The summed E-state index contributed by atoms with van der Waals surface area (Å²) in [5, 5.41) is 23.5. The van der Waals surface area contributed by atoms with Crippen molar-refractivity contribution in [2.75, 3.05) is 34.4 Å². The number of benzene rings is 3. The lowest BCUT2D eigenvalue weighted by Gasteiger charge is -2.31. The van der Waals surface area contributed by atoms with Gasteiger partial charge in [-0.3, -0.25) is 29.3 Å². The summed E-state index contributed by atoms with van der Waals surface area (Å²) < 4.78 is 15.8.